The first-order valence-electron chi connectivity index (χ1n) is 7.71. The number of pyridine rings is 1. The van der Waals surface area contributed by atoms with Gasteiger partial charge in [0.2, 0.25) is 5.88 Å². The Morgan fingerprint density at radius 2 is 2.04 bits per heavy atom. The number of ether oxygens (including phenoxy) is 1. The van der Waals surface area contributed by atoms with Crippen LogP contribution in [0.2, 0.25) is 0 Å². The number of fused-ring (bicyclic) bond motifs is 3. The predicted molar refractivity (Wildman–Crippen MR) is 91.5 cm³/mol. The van der Waals surface area contributed by atoms with Gasteiger partial charge in [-0.3, -0.25) is 9.36 Å². The number of methoxy groups -OCH3 is 1. The standard InChI is InChI=1S/C17H15N5O3/c1-25-8-7-21-14(23)9-13-12(16(21)24)10-18-17-19-15(20-22(13)17)11-5-3-2-4-6-11/h2-6,9-10,24H,7-8H2,1H3. The van der Waals surface area contributed by atoms with Gasteiger partial charge in [0, 0.05) is 24.9 Å². The van der Waals surface area contributed by atoms with Crippen LogP contribution in [0.15, 0.2) is 47.4 Å². The third kappa shape index (κ3) is 2.52. The molecule has 4 rings (SSSR count). The minimum Gasteiger partial charge on any atom is -0.494 e. The highest BCUT2D eigenvalue weighted by atomic mass is 16.5. The molecular weight excluding hydrogens is 322 g/mol. The van der Waals surface area contributed by atoms with Crippen LogP contribution in [0.25, 0.3) is 28.1 Å². The molecule has 0 spiro atoms. The topological polar surface area (TPSA) is 94.5 Å². The molecule has 4 aromatic rings. The Hall–Kier alpha value is -3.26. The van der Waals surface area contributed by atoms with Gasteiger partial charge in [0.1, 0.15) is 0 Å². The molecule has 0 aliphatic heterocycles. The summed E-state index contributed by atoms with van der Waals surface area (Å²) in [6.45, 7) is 0.567. The average molecular weight is 337 g/mol. The van der Waals surface area contributed by atoms with Crippen molar-refractivity contribution >= 4 is 16.7 Å². The molecule has 0 radical (unpaired) electrons. The van der Waals surface area contributed by atoms with Gasteiger partial charge in [-0.05, 0) is 0 Å². The summed E-state index contributed by atoms with van der Waals surface area (Å²) in [6.07, 6.45) is 1.49. The first kappa shape index (κ1) is 15.3. The fourth-order valence-corrected chi connectivity index (χ4v) is 2.72. The summed E-state index contributed by atoms with van der Waals surface area (Å²) < 4.78 is 7.69. The molecule has 1 N–H and O–H groups in total. The van der Waals surface area contributed by atoms with E-state index >= 15 is 0 Å². The predicted octanol–water partition coefficient (Wildman–Crippen LogP) is 1.46. The summed E-state index contributed by atoms with van der Waals surface area (Å²) in [6, 6.07) is 10.9. The molecule has 0 saturated carbocycles. The van der Waals surface area contributed by atoms with Gasteiger partial charge in [-0.1, -0.05) is 30.3 Å². The van der Waals surface area contributed by atoms with Crippen molar-refractivity contribution < 1.29 is 9.84 Å². The van der Waals surface area contributed by atoms with Gasteiger partial charge in [-0.2, -0.15) is 9.50 Å². The van der Waals surface area contributed by atoms with E-state index in [1.165, 1.54) is 28.5 Å². The molecule has 0 fully saturated rings. The molecule has 0 aliphatic rings. The first-order chi connectivity index (χ1) is 12.2. The van der Waals surface area contributed by atoms with E-state index in [0.717, 1.165) is 5.56 Å². The molecule has 3 aromatic heterocycles. The molecule has 3 heterocycles. The molecule has 0 atom stereocenters. The van der Waals surface area contributed by atoms with Crippen molar-refractivity contribution in [3.05, 3.63) is 52.9 Å². The van der Waals surface area contributed by atoms with E-state index in [2.05, 4.69) is 15.1 Å². The van der Waals surface area contributed by atoms with E-state index in [4.69, 9.17) is 4.74 Å². The highest BCUT2D eigenvalue weighted by molar-refractivity contribution is 5.84. The highest BCUT2D eigenvalue weighted by Crippen LogP contribution is 2.23. The van der Waals surface area contributed by atoms with E-state index in [0.29, 0.717) is 29.1 Å². The number of rotatable bonds is 4. The van der Waals surface area contributed by atoms with Crippen molar-refractivity contribution in [1.29, 1.82) is 0 Å². The van der Waals surface area contributed by atoms with Crippen LogP contribution in [0.3, 0.4) is 0 Å². The number of hydrogen-bond acceptors (Lipinski definition) is 6. The zero-order valence-electron chi connectivity index (χ0n) is 13.5. The summed E-state index contributed by atoms with van der Waals surface area (Å²) in [5, 5.41) is 15.3. The number of aromatic hydroxyl groups is 1. The lowest BCUT2D eigenvalue weighted by atomic mass is 10.2. The van der Waals surface area contributed by atoms with Crippen LogP contribution in [-0.2, 0) is 11.3 Å². The van der Waals surface area contributed by atoms with Crippen LogP contribution in [-0.4, -0.2) is 43.0 Å². The van der Waals surface area contributed by atoms with Gasteiger partial charge in [0.15, 0.2) is 5.82 Å². The van der Waals surface area contributed by atoms with Gasteiger partial charge in [-0.25, -0.2) is 4.98 Å². The van der Waals surface area contributed by atoms with Gasteiger partial charge >= 0.3 is 0 Å². The van der Waals surface area contributed by atoms with E-state index in [1.807, 2.05) is 30.3 Å². The molecule has 0 unspecified atom stereocenters. The normalized spacial score (nSPS) is 11.4. The van der Waals surface area contributed by atoms with E-state index in [9.17, 15) is 9.90 Å². The molecule has 1 aromatic carbocycles. The van der Waals surface area contributed by atoms with Crippen molar-refractivity contribution in [1.82, 2.24) is 24.1 Å². The minimum absolute atomic E-state index is 0.161. The Morgan fingerprint density at radius 1 is 1.24 bits per heavy atom. The van der Waals surface area contributed by atoms with Gasteiger partial charge < -0.3 is 9.84 Å². The van der Waals surface area contributed by atoms with E-state index < -0.39 is 0 Å². The SMILES string of the molecule is COCCn1c(O)c2cnc3nc(-c4ccccc4)nn3c2cc1=O. The molecule has 8 heteroatoms. The van der Waals surface area contributed by atoms with E-state index in [-0.39, 0.29) is 18.0 Å². The van der Waals surface area contributed by atoms with Crippen molar-refractivity contribution in [2.45, 2.75) is 6.54 Å². The second-order valence-electron chi connectivity index (χ2n) is 5.52. The molecule has 8 nitrogen and oxygen atoms in total. The van der Waals surface area contributed by atoms with Crippen LogP contribution in [0.5, 0.6) is 5.88 Å². The fraction of sp³-hybridized carbons (Fsp3) is 0.176. The Kier molecular flexibility index (Phi) is 3.66. The Labute approximate surface area is 142 Å². The summed E-state index contributed by atoms with van der Waals surface area (Å²) in [4.78, 5) is 21.0. The number of aromatic nitrogens is 5. The van der Waals surface area contributed by atoms with Gasteiger partial charge in [-0.15, -0.1) is 5.10 Å². The highest BCUT2D eigenvalue weighted by Gasteiger charge is 2.15. The molecule has 0 amide bonds. The maximum absolute atomic E-state index is 12.3. The summed E-state index contributed by atoms with van der Waals surface area (Å²) in [5.74, 6) is 0.703. The maximum Gasteiger partial charge on any atom is 0.255 e. The van der Waals surface area contributed by atoms with Crippen molar-refractivity contribution in [3.63, 3.8) is 0 Å². The average Bonchev–Trinajstić information content (AvgIpc) is 3.07. The minimum atomic E-state index is -0.341. The lowest BCUT2D eigenvalue weighted by Crippen LogP contribution is -2.22. The summed E-state index contributed by atoms with van der Waals surface area (Å²) in [7, 11) is 1.54. The third-order valence-electron chi connectivity index (χ3n) is 3.98. The van der Waals surface area contributed by atoms with Gasteiger partial charge in [0.25, 0.3) is 11.3 Å². The van der Waals surface area contributed by atoms with Crippen LogP contribution < -0.4 is 5.56 Å². The quantitative estimate of drug-likeness (QED) is 0.606. The Balaban J connectivity index is 1.95. The molecular formula is C17H15N5O3. The van der Waals surface area contributed by atoms with Crippen LogP contribution in [0.4, 0.5) is 0 Å². The third-order valence-corrected chi connectivity index (χ3v) is 3.98. The van der Waals surface area contributed by atoms with Crippen molar-refractivity contribution in [3.8, 4) is 17.3 Å². The van der Waals surface area contributed by atoms with Crippen LogP contribution >= 0.6 is 0 Å². The number of nitrogens with zero attached hydrogens (tertiary/aromatic N) is 5. The summed E-state index contributed by atoms with van der Waals surface area (Å²) >= 11 is 0. The second kappa shape index (κ2) is 5.99. The molecule has 0 aliphatic carbocycles. The van der Waals surface area contributed by atoms with Crippen LogP contribution in [0.1, 0.15) is 0 Å². The van der Waals surface area contributed by atoms with Gasteiger partial charge in [0.05, 0.1) is 24.1 Å². The largest absolute Gasteiger partial charge is 0.494 e. The monoisotopic (exact) mass is 337 g/mol. The lowest BCUT2D eigenvalue weighted by molar-refractivity contribution is 0.182. The molecule has 0 saturated heterocycles. The lowest BCUT2D eigenvalue weighted by Gasteiger charge is -2.10. The zero-order chi connectivity index (χ0) is 17.4. The summed E-state index contributed by atoms with van der Waals surface area (Å²) in [5.41, 5.74) is 0.959. The molecule has 0 bridgehead atoms. The fourth-order valence-electron chi connectivity index (χ4n) is 2.72. The molecule has 25 heavy (non-hydrogen) atoms. The van der Waals surface area contributed by atoms with E-state index in [1.54, 1.807) is 0 Å². The first-order valence-corrected chi connectivity index (χ1v) is 7.71. The molecule has 126 valence electrons. The zero-order valence-corrected chi connectivity index (χ0v) is 13.5. The smallest absolute Gasteiger partial charge is 0.255 e. The number of hydrogen-bond donors (Lipinski definition) is 1. The van der Waals surface area contributed by atoms with Crippen molar-refractivity contribution in [2.75, 3.05) is 13.7 Å². The van der Waals surface area contributed by atoms with Crippen molar-refractivity contribution in [2.24, 2.45) is 0 Å². The second-order valence-corrected chi connectivity index (χ2v) is 5.52. The van der Waals surface area contributed by atoms with Crippen LogP contribution in [0, 0.1) is 0 Å². The number of benzene rings is 1. The maximum atomic E-state index is 12.3. The Morgan fingerprint density at radius 3 is 2.80 bits per heavy atom. The Bertz CT molecular complexity index is 1120.